The number of rotatable bonds is 1. The summed E-state index contributed by atoms with van der Waals surface area (Å²) in [5.74, 6) is 1.45. The van der Waals surface area contributed by atoms with Gasteiger partial charge in [-0.25, -0.2) is 0 Å². The highest BCUT2D eigenvalue weighted by molar-refractivity contribution is 6.32. The number of phenols is 1. The van der Waals surface area contributed by atoms with Crippen LogP contribution in [0.2, 0.25) is 5.02 Å². The Morgan fingerprint density at radius 3 is 2.56 bits per heavy atom. The monoisotopic (exact) mass is 265 g/mol. The molecule has 1 heterocycles. The zero-order valence-corrected chi connectivity index (χ0v) is 10.9. The van der Waals surface area contributed by atoms with E-state index in [2.05, 4.69) is 0 Å². The lowest BCUT2D eigenvalue weighted by molar-refractivity contribution is 0.0780. The van der Waals surface area contributed by atoms with Crippen molar-refractivity contribution >= 4 is 17.5 Å². The maximum absolute atomic E-state index is 12.3. The Hall–Kier alpha value is -1.22. The molecule has 2 atom stereocenters. The molecule has 0 radical (unpaired) electrons. The highest BCUT2D eigenvalue weighted by atomic mass is 35.5. The molecule has 0 bridgehead atoms. The predicted octanol–water partition coefficient (Wildman–Crippen LogP) is 2.92. The summed E-state index contributed by atoms with van der Waals surface area (Å²) in [5.41, 5.74) is 0.567. The van der Waals surface area contributed by atoms with Crippen LogP contribution in [0, 0.1) is 11.8 Å². The average Bonchev–Trinajstić information content (AvgIpc) is 2.92. The van der Waals surface area contributed by atoms with Crippen molar-refractivity contribution in [2.45, 2.75) is 19.3 Å². The SMILES string of the molecule is O=C(c1ccc(O)c(Cl)c1)N1CC2CCCC2C1. The number of hydrogen-bond acceptors (Lipinski definition) is 2. The average molecular weight is 266 g/mol. The topological polar surface area (TPSA) is 40.5 Å². The van der Waals surface area contributed by atoms with E-state index in [4.69, 9.17) is 11.6 Å². The molecule has 1 aliphatic heterocycles. The van der Waals surface area contributed by atoms with Crippen LogP contribution in [0.15, 0.2) is 18.2 Å². The number of benzene rings is 1. The number of carbonyl (C=O) groups is 1. The maximum atomic E-state index is 12.3. The highest BCUT2D eigenvalue weighted by Gasteiger charge is 2.38. The molecular formula is C14H16ClNO2. The number of likely N-dealkylation sites (tertiary alicyclic amines) is 1. The van der Waals surface area contributed by atoms with Crippen LogP contribution in [0.25, 0.3) is 0 Å². The summed E-state index contributed by atoms with van der Waals surface area (Å²) in [6.07, 6.45) is 3.82. The van der Waals surface area contributed by atoms with Gasteiger partial charge in [0, 0.05) is 18.7 Å². The van der Waals surface area contributed by atoms with E-state index in [1.54, 1.807) is 12.1 Å². The lowest BCUT2D eigenvalue weighted by Crippen LogP contribution is -2.29. The Morgan fingerprint density at radius 1 is 1.28 bits per heavy atom. The molecule has 1 saturated carbocycles. The standard InChI is InChI=1S/C14H16ClNO2/c15-12-6-9(4-5-13(12)17)14(18)16-7-10-2-1-3-11(10)8-16/h4-6,10-11,17H,1-3,7-8H2. The van der Waals surface area contributed by atoms with Crippen LogP contribution < -0.4 is 0 Å². The molecule has 2 unspecified atom stereocenters. The van der Waals surface area contributed by atoms with Gasteiger partial charge in [0.25, 0.3) is 5.91 Å². The fourth-order valence-corrected chi connectivity index (χ4v) is 3.40. The highest BCUT2D eigenvalue weighted by Crippen LogP contribution is 2.38. The van der Waals surface area contributed by atoms with Gasteiger partial charge in [0.05, 0.1) is 5.02 Å². The van der Waals surface area contributed by atoms with Gasteiger partial charge in [0.2, 0.25) is 0 Å². The summed E-state index contributed by atoms with van der Waals surface area (Å²) in [5, 5.41) is 9.60. The van der Waals surface area contributed by atoms with Gasteiger partial charge in [-0.05, 0) is 42.9 Å². The van der Waals surface area contributed by atoms with Crippen molar-refractivity contribution in [1.82, 2.24) is 4.90 Å². The minimum Gasteiger partial charge on any atom is -0.506 e. The zero-order valence-electron chi connectivity index (χ0n) is 10.1. The second-order valence-electron chi connectivity index (χ2n) is 5.33. The number of fused-ring (bicyclic) bond motifs is 1. The molecule has 0 spiro atoms. The van der Waals surface area contributed by atoms with Gasteiger partial charge in [0.1, 0.15) is 5.75 Å². The smallest absolute Gasteiger partial charge is 0.253 e. The number of amides is 1. The van der Waals surface area contributed by atoms with Crippen molar-refractivity contribution in [2.75, 3.05) is 13.1 Å². The number of halogens is 1. The summed E-state index contributed by atoms with van der Waals surface area (Å²) < 4.78 is 0. The molecule has 1 saturated heterocycles. The number of phenolic OH excluding ortho intramolecular Hbond substituents is 1. The normalized spacial score (nSPS) is 26.4. The van der Waals surface area contributed by atoms with Crippen LogP contribution in [0.5, 0.6) is 5.75 Å². The van der Waals surface area contributed by atoms with Crippen LogP contribution in [-0.4, -0.2) is 29.0 Å². The van der Waals surface area contributed by atoms with Crippen LogP contribution in [0.3, 0.4) is 0 Å². The first-order chi connectivity index (χ1) is 8.65. The van der Waals surface area contributed by atoms with E-state index < -0.39 is 0 Å². The third kappa shape index (κ3) is 1.97. The van der Waals surface area contributed by atoms with Crippen molar-refractivity contribution in [1.29, 1.82) is 0 Å². The largest absolute Gasteiger partial charge is 0.506 e. The van der Waals surface area contributed by atoms with E-state index in [1.165, 1.54) is 25.3 Å². The molecule has 1 amide bonds. The first-order valence-corrected chi connectivity index (χ1v) is 6.81. The molecule has 1 aromatic rings. The van der Waals surface area contributed by atoms with Gasteiger partial charge in [-0.1, -0.05) is 18.0 Å². The first-order valence-electron chi connectivity index (χ1n) is 6.43. The van der Waals surface area contributed by atoms with Crippen molar-refractivity contribution in [2.24, 2.45) is 11.8 Å². The van der Waals surface area contributed by atoms with Gasteiger partial charge in [-0.3, -0.25) is 4.79 Å². The lowest BCUT2D eigenvalue weighted by atomic mass is 10.0. The molecule has 1 aromatic carbocycles. The van der Waals surface area contributed by atoms with Crippen LogP contribution in [0.1, 0.15) is 29.6 Å². The molecule has 18 heavy (non-hydrogen) atoms. The Morgan fingerprint density at radius 2 is 1.94 bits per heavy atom. The van der Waals surface area contributed by atoms with Crippen molar-refractivity contribution in [3.05, 3.63) is 28.8 Å². The van der Waals surface area contributed by atoms with Gasteiger partial charge < -0.3 is 10.0 Å². The zero-order chi connectivity index (χ0) is 12.7. The van der Waals surface area contributed by atoms with E-state index in [0.29, 0.717) is 17.4 Å². The van der Waals surface area contributed by atoms with Crippen LogP contribution >= 0.6 is 11.6 Å². The van der Waals surface area contributed by atoms with Gasteiger partial charge in [-0.2, -0.15) is 0 Å². The Labute approximate surface area is 111 Å². The fourth-order valence-electron chi connectivity index (χ4n) is 3.22. The third-order valence-electron chi connectivity index (χ3n) is 4.21. The molecule has 3 nitrogen and oxygen atoms in total. The van der Waals surface area contributed by atoms with Crippen molar-refractivity contribution in [3.8, 4) is 5.75 Å². The molecule has 3 rings (SSSR count). The van der Waals surface area contributed by atoms with E-state index in [9.17, 15) is 9.90 Å². The molecule has 1 N–H and O–H groups in total. The summed E-state index contributed by atoms with van der Waals surface area (Å²) in [6, 6.07) is 4.66. The van der Waals surface area contributed by atoms with Gasteiger partial charge in [-0.15, -0.1) is 0 Å². The number of aromatic hydroxyl groups is 1. The molecule has 4 heteroatoms. The quantitative estimate of drug-likeness (QED) is 0.848. The van der Waals surface area contributed by atoms with Crippen molar-refractivity contribution in [3.63, 3.8) is 0 Å². The Balaban J connectivity index is 1.77. The predicted molar refractivity (Wildman–Crippen MR) is 69.9 cm³/mol. The van der Waals surface area contributed by atoms with Gasteiger partial charge in [0.15, 0.2) is 0 Å². The van der Waals surface area contributed by atoms with Crippen molar-refractivity contribution < 1.29 is 9.90 Å². The number of nitrogens with zero attached hydrogens (tertiary/aromatic N) is 1. The minimum atomic E-state index is 0.0199. The minimum absolute atomic E-state index is 0.0199. The first kappa shape index (κ1) is 11.8. The lowest BCUT2D eigenvalue weighted by Gasteiger charge is -2.17. The second-order valence-corrected chi connectivity index (χ2v) is 5.73. The van der Waals surface area contributed by atoms with E-state index in [0.717, 1.165) is 13.1 Å². The van der Waals surface area contributed by atoms with E-state index in [1.807, 2.05) is 4.90 Å². The van der Waals surface area contributed by atoms with E-state index in [-0.39, 0.29) is 16.7 Å². The summed E-state index contributed by atoms with van der Waals surface area (Å²) in [4.78, 5) is 14.3. The van der Waals surface area contributed by atoms with Crippen LogP contribution in [-0.2, 0) is 0 Å². The third-order valence-corrected chi connectivity index (χ3v) is 4.51. The maximum Gasteiger partial charge on any atom is 0.253 e. The molecule has 2 fully saturated rings. The summed E-state index contributed by atoms with van der Waals surface area (Å²) >= 11 is 5.84. The second kappa shape index (κ2) is 4.47. The Kier molecular flexibility index (Phi) is 2.94. The summed E-state index contributed by atoms with van der Waals surface area (Å²) in [7, 11) is 0. The van der Waals surface area contributed by atoms with Crippen LogP contribution in [0.4, 0.5) is 0 Å². The summed E-state index contributed by atoms with van der Waals surface area (Å²) in [6.45, 7) is 1.75. The fraction of sp³-hybridized carbons (Fsp3) is 0.500. The molecular weight excluding hydrogens is 250 g/mol. The molecule has 2 aliphatic rings. The van der Waals surface area contributed by atoms with E-state index >= 15 is 0 Å². The van der Waals surface area contributed by atoms with Gasteiger partial charge >= 0.3 is 0 Å². The molecule has 0 aromatic heterocycles. The number of carbonyl (C=O) groups excluding carboxylic acids is 1. The number of hydrogen-bond donors (Lipinski definition) is 1. The Bertz CT molecular complexity index is 477. The molecule has 1 aliphatic carbocycles. The molecule has 96 valence electrons.